The summed E-state index contributed by atoms with van der Waals surface area (Å²) in [5, 5.41) is 6.36. The predicted octanol–water partition coefficient (Wildman–Crippen LogP) is 3.93. The predicted molar refractivity (Wildman–Crippen MR) is 97.2 cm³/mol. The van der Waals surface area contributed by atoms with Crippen LogP contribution in [0.1, 0.15) is 16.2 Å². The van der Waals surface area contributed by atoms with Gasteiger partial charge < -0.3 is 14.6 Å². The Morgan fingerprint density at radius 3 is 2.58 bits per heavy atom. The Bertz CT molecular complexity index is 909. The molecule has 1 aromatic heterocycles. The van der Waals surface area contributed by atoms with Gasteiger partial charge in [0.1, 0.15) is 0 Å². The molecule has 3 aromatic rings. The van der Waals surface area contributed by atoms with E-state index in [0.29, 0.717) is 11.4 Å². The number of para-hydroxylation sites is 1. The average molecular weight is 368 g/mol. The first kappa shape index (κ1) is 17.8. The quantitative estimate of drug-likeness (QED) is 0.664. The molecule has 1 heterocycles. The minimum Gasteiger partial charge on any atom is -0.450 e. The molecule has 0 radical (unpaired) electrons. The molecule has 0 saturated carbocycles. The summed E-state index contributed by atoms with van der Waals surface area (Å²) in [7, 11) is 0. The highest BCUT2D eigenvalue weighted by Crippen LogP contribution is 2.33. The largest absolute Gasteiger partial charge is 0.450 e. The topological polar surface area (TPSA) is 81.4 Å². The van der Waals surface area contributed by atoms with E-state index < -0.39 is 18.5 Å². The van der Waals surface area contributed by atoms with Crippen molar-refractivity contribution in [2.75, 3.05) is 11.9 Å². The van der Waals surface area contributed by atoms with Crippen LogP contribution in [0.3, 0.4) is 0 Å². The number of esters is 1. The number of carbonyl (C=O) groups is 2. The van der Waals surface area contributed by atoms with Crippen molar-refractivity contribution < 1.29 is 18.8 Å². The van der Waals surface area contributed by atoms with Crippen LogP contribution in [0.4, 0.5) is 5.69 Å². The van der Waals surface area contributed by atoms with Crippen LogP contribution >= 0.6 is 11.8 Å². The Balaban J connectivity index is 1.60. The standard InChI is InChI=1S/C19H16N2O4S/c1-13-11-16(25-21-13)19(23)24-12-18(22)20-15-9-5-6-10-17(15)26-14-7-3-2-4-8-14/h2-11H,12H2,1H3,(H,20,22). The van der Waals surface area contributed by atoms with Gasteiger partial charge in [-0.1, -0.05) is 47.3 Å². The van der Waals surface area contributed by atoms with Gasteiger partial charge in [0.2, 0.25) is 5.76 Å². The number of rotatable bonds is 6. The summed E-state index contributed by atoms with van der Waals surface area (Å²) >= 11 is 1.53. The van der Waals surface area contributed by atoms with Gasteiger partial charge in [-0.05, 0) is 31.2 Å². The van der Waals surface area contributed by atoms with Crippen LogP contribution in [0.15, 0.2) is 75.0 Å². The third-order valence-corrected chi connectivity index (χ3v) is 4.38. The zero-order chi connectivity index (χ0) is 18.4. The van der Waals surface area contributed by atoms with Crippen molar-refractivity contribution in [3.63, 3.8) is 0 Å². The summed E-state index contributed by atoms with van der Waals surface area (Å²) in [6, 6.07) is 18.7. The van der Waals surface area contributed by atoms with Crippen LogP contribution in [0.25, 0.3) is 0 Å². The van der Waals surface area contributed by atoms with Crippen LogP contribution in [0, 0.1) is 6.92 Å². The van der Waals surface area contributed by atoms with Gasteiger partial charge in [-0.2, -0.15) is 0 Å². The van der Waals surface area contributed by atoms with Crippen LogP contribution < -0.4 is 5.32 Å². The second-order valence-corrected chi connectivity index (χ2v) is 6.48. The Kier molecular flexibility index (Phi) is 5.70. The van der Waals surface area contributed by atoms with Gasteiger partial charge in [0.25, 0.3) is 5.91 Å². The maximum atomic E-state index is 12.1. The lowest BCUT2D eigenvalue weighted by atomic mass is 10.3. The molecule has 0 unspecified atom stereocenters. The van der Waals surface area contributed by atoms with Crippen molar-refractivity contribution in [3.8, 4) is 0 Å². The lowest BCUT2D eigenvalue weighted by Gasteiger charge is -2.10. The number of amides is 1. The molecule has 0 saturated heterocycles. The maximum Gasteiger partial charge on any atom is 0.377 e. The summed E-state index contributed by atoms with van der Waals surface area (Å²) in [6.07, 6.45) is 0. The van der Waals surface area contributed by atoms with Crippen molar-refractivity contribution in [1.82, 2.24) is 5.16 Å². The van der Waals surface area contributed by atoms with E-state index in [4.69, 9.17) is 9.26 Å². The van der Waals surface area contributed by atoms with Gasteiger partial charge in [0, 0.05) is 15.9 Å². The van der Waals surface area contributed by atoms with Crippen LogP contribution in [0.2, 0.25) is 0 Å². The Labute approximate surface area is 154 Å². The van der Waals surface area contributed by atoms with Crippen molar-refractivity contribution in [2.45, 2.75) is 16.7 Å². The molecule has 0 aliphatic heterocycles. The fourth-order valence-electron chi connectivity index (χ4n) is 2.12. The van der Waals surface area contributed by atoms with Crippen LogP contribution in [-0.2, 0) is 9.53 Å². The molecular formula is C19H16N2O4S. The van der Waals surface area contributed by atoms with E-state index in [1.165, 1.54) is 17.8 Å². The van der Waals surface area contributed by atoms with Crippen molar-refractivity contribution in [2.24, 2.45) is 0 Å². The number of anilines is 1. The summed E-state index contributed by atoms with van der Waals surface area (Å²) in [6.45, 7) is 1.28. The summed E-state index contributed by atoms with van der Waals surface area (Å²) in [5.41, 5.74) is 1.21. The molecule has 0 spiro atoms. The minimum absolute atomic E-state index is 0.0321. The number of carbonyl (C=O) groups excluding carboxylic acids is 2. The molecule has 132 valence electrons. The number of benzene rings is 2. The highest BCUT2D eigenvalue weighted by atomic mass is 32.2. The molecule has 26 heavy (non-hydrogen) atoms. The minimum atomic E-state index is -0.729. The molecule has 2 aromatic carbocycles. The highest BCUT2D eigenvalue weighted by molar-refractivity contribution is 7.99. The summed E-state index contributed by atoms with van der Waals surface area (Å²) in [5.74, 6) is -1.20. The Hall–Kier alpha value is -3.06. The van der Waals surface area contributed by atoms with Crippen LogP contribution in [-0.4, -0.2) is 23.6 Å². The first-order valence-corrected chi connectivity index (χ1v) is 8.66. The van der Waals surface area contributed by atoms with E-state index in [0.717, 1.165) is 9.79 Å². The number of aromatic nitrogens is 1. The number of hydrogen-bond acceptors (Lipinski definition) is 6. The molecule has 0 aliphatic rings. The molecule has 0 fully saturated rings. The van der Waals surface area contributed by atoms with E-state index in [2.05, 4.69) is 10.5 Å². The zero-order valence-corrected chi connectivity index (χ0v) is 14.8. The van der Waals surface area contributed by atoms with E-state index in [9.17, 15) is 9.59 Å². The third kappa shape index (κ3) is 4.73. The molecule has 1 amide bonds. The average Bonchev–Trinajstić information content (AvgIpc) is 3.09. The molecule has 0 atom stereocenters. The molecule has 0 aliphatic carbocycles. The second kappa shape index (κ2) is 8.35. The Morgan fingerprint density at radius 1 is 1.12 bits per heavy atom. The second-order valence-electron chi connectivity index (χ2n) is 5.37. The molecule has 6 nitrogen and oxygen atoms in total. The molecule has 1 N–H and O–H groups in total. The fraction of sp³-hybridized carbons (Fsp3) is 0.105. The van der Waals surface area contributed by atoms with Gasteiger partial charge in [-0.25, -0.2) is 4.79 Å². The number of hydrogen-bond donors (Lipinski definition) is 1. The normalized spacial score (nSPS) is 10.3. The van der Waals surface area contributed by atoms with Crippen molar-refractivity contribution in [3.05, 3.63) is 72.1 Å². The third-order valence-electron chi connectivity index (χ3n) is 3.30. The summed E-state index contributed by atoms with van der Waals surface area (Å²) in [4.78, 5) is 25.8. The zero-order valence-electron chi connectivity index (χ0n) is 14.0. The lowest BCUT2D eigenvalue weighted by Crippen LogP contribution is -2.21. The lowest BCUT2D eigenvalue weighted by molar-refractivity contribution is -0.119. The van der Waals surface area contributed by atoms with Gasteiger partial charge in [0.15, 0.2) is 6.61 Å². The summed E-state index contributed by atoms with van der Waals surface area (Å²) < 4.78 is 9.74. The molecule has 7 heteroatoms. The fourth-order valence-corrected chi connectivity index (χ4v) is 3.05. The monoisotopic (exact) mass is 368 g/mol. The van der Waals surface area contributed by atoms with E-state index in [-0.39, 0.29) is 5.76 Å². The SMILES string of the molecule is Cc1cc(C(=O)OCC(=O)Nc2ccccc2Sc2ccccc2)on1. The van der Waals surface area contributed by atoms with Gasteiger partial charge in [0.05, 0.1) is 11.4 Å². The van der Waals surface area contributed by atoms with Crippen molar-refractivity contribution in [1.29, 1.82) is 0 Å². The van der Waals surface area contributed by atoms with Gasteiger partial charge in [-0.15, -0.1) is 0 Å². The van der Waals surface area contributed by atoms with E-state index in [1.807, 2.05) is 48.5 Å². The first-order chi connectivity index (χ1) is 12.6. The smallest absolute Gasteiger partial charge is 0.377 e. The van der Waals surface area contributed by atoms with E-state index >= 15 is 0 Å². The van der Waals surface area contributed by atoms with Gasteiger partial charge >= 0.3 is 5.97 Å². The number of ether oxygens (including phenoxy) is 1. The first-order valence-electron chi connectivity index (χ1n) is 7.84. The molecule has 0 bridgehead atoms. The number of aryl methyl sites for hydroxylation is 1. The molecule has 3 rings (SSSR count). The van der Waals surface area contributed by atoms with Gasteiger partial charge in [-0.3, -0.25) is 4.79 Å². The maximum absolute atomic E-state index is 12.1. The highest BCUT2D eigenvalue weighted by Gasteiger charge is 2.15. The van der Waals surface area contributed by atoms with Crippen LogP contribution in [0.5, 0.6) is 0 Å². The number of nitrogens with zero attached hydrogens (tertiary/aromatic N) is 1. The number of nitrogens with one attached hydrogen (secondary N) is 1. The molecular weight excluding hydrogens is 352 g/mol. The van der Waals surface area contributed by atoms with E-state index in [1.54, 1.807) is 13.0 Å². The van der Waals surface area contributed by atoms with Crippen molar-refractivity contribution >= 4 is 29.3 Å². The Morgan fingerprint density at radius 2 is 1.85 bits per heavy atom.